The zero-order valence-electron chi connectivity index (χ0n) is 15.7. The highest BCUT2D eigenvalue weighted by Crippen LogP contribution is 2.15. The highest BCUT2D eigenvalue weighted by atomic mass is 35.5. The van der Waals surface area contributed by atoms with Gasteiger partial charge < -0.3 is 10.1 Å². The van der Waals surface area contributed by atoms with Gasteiger partial charge in [-0.25, -0.2) is 4.79 Å². The molecule has 0 fully saturated rings. The summed E-state index contributed by atoms with van der Waals surface area (Å²) in [5.41, 5.74) is 2.80. The Hall–Kier alpha value is -2.66. The zero-order chi connectivity index (χ0) is 20.1. The van der Waals surface area contributed by atoms with E-state index in [2.05, 4.69) is 5.32 Å². The molecule has 0 heterocycles. The quantitative estimate of drug-likeness (QED) is 0.602. The normalized spacial score (nSPS) is 12.8. The van der Waals surface area contributed by atoms with Gasteiger partial charge in [0.2, 0.25) is 5.78 Å². The fourth-order valence-electron chi connectivity index (χ4n) is 2.44. The Kier molecular flexibility index (Phi) is 6.75. The number of benzene rings is 2. The number of carbonyl (C=O) groups excluding carboxylic acids is 3. The number of carbonyl (C=O) groups is 3. The molecule has 0 bridgehead atoms. The third-order valence-corrected chi connectivity index (χ3v) is 4.60. The minimum Gasteiger partial charge on any atom is -0.453 e. The molecule has 0 saturated carbocycles. The summed E-state index contributed by atoms with van der Waals surface area (Å²) in [5, 5.41) is 2.81. The van der Waals surface area contributed by atoms with Crippen molar-refractivity contribution < 1.29 is 19.1 Å². The molecule has 1 N–H and O–H groups in total. The highest BCUT2D eigenvalue weighted by Gasteiger charge is 2.25. The summed E-state index contributed by atoms with van der Waals surface area (Å²) in [6.07, 6.45) is -0.959. The van der Waals surface area contributed by atoms with E-state index in [1.807, 2.05) is 19.9 Å². The molecule has 2 atom stereocenters. The van der Waals surface area contributed by atoms with E-state index in [-0.39, 0.29) is 16.4 Å². The van der Waals surface area contributed by atoms with Crippen molar-refractivity contribution >= 4 is 29.3 Å². The second kappa shape index (κ2) is 8.82. The number of rotatable bonds is 6. The van der Waals surface area contributed by atoms with Crippen LogP contribution in [0.3, 0.4) is 0 Å². The minimum atomic E-state index is -0.959. The number of hydrogen-bond donors (Lipinski definition) is 1. The summed E-state index contributed by atoms with van der Waals surface area (Å²) >= 11 is 5.98. The van der Waals surface area contributed by atoms with Gasteiger partial charge in [-0.2, -0.15) is 0 Å². The van der Waals surface area contributed by atoms with E-state index in [1.54, 1.807) is 36.4 Å². The molecule has 0 spiro atoms. The summed E-state index contributed by atoms with van der Waals surface area (Å²) in [6, 6.07) is 10.9. The first kappa shape index (κ1) is 20.6. The second-order valence-corrected chi connectivity index (χ2v) is 6.82. The van der Waals surface area contributed by atoms with Gasteiger partial charge in [0.15, 0.2) is 6.10 Å². The van der Waals surface area contributed by atoms with E-state index in [0.717, 1.165) is 11.1 Å². The summed E-state index contributed by atoms with van der Waals surface area (Å²) in [4.78, 5) is 36.9. The molecule has 0 unspecified atom stereocenters. The van der Waals surface area contributed by atoms with Gasteiger partial charge in [0.1, 0.15) is 6.04 Å². The summed E-state index contributed by atoms with van der Waals surface area (Å²) in [6.45, 7) is 6.87. The molecule has 0 saturated heterocycles. The van der Waals surface area contributed by atoms with Crippen LogP contribution < -0.4 is 5.32 Å². The van der Waals surface area contributed by atoms with Gasteiger partial charge in [0, 0.05) is 5.56 Å². The molecule has 0 aliphatic heterocycles. The van der Waals surface area contributed by atoms with Crippen molar-refractivity contribution in [3.8, 4) is 0 Å². The van der Waals surface area contributed by atoms with Crippen LogP contribution in [0.4, 0.5) is 0 Å². The first-order valence-corrected chi connectivity index (χ1v) is 8.96. The summed E-state index contributed by atoms with van der Waals surface area (Å²) < 4.78 is 5.23. The Morgan fingerprint density at radius 2 is 1.67 bits per heavy atom. The SMILES string of the molecule is Cc1ccc(C(=O)[C@@H](C)OC(=O)[C@H](C)NC(=O)c2ccccc2Cl)cc1C. The highest BCUT2D eigenvalue weighted by molar-refractivity contribution is 6.33. The lowest BCUT2D eigenvalue weighted by molar-refractivity contribution is -0.148. The number of Topliss-reactive ketones (excluding diaryl/α,β-unsaturated/α-hetero) is 1. The molecule has 27 heavy (non-hydrogen) atoms. The number of nitrogens with one attached hydrogen (secondary N) is 1. The third-order valence-electron chi connectivity index (χ3n) is 4.27. The van der Waals surface area contributed by atoms with Gasteiger partial charge >= 0.3 is 5.97 Å². The molecular weight excluding hydrogens is 366 g/mol. The van der Waals surface area contributed by atoms with Crippen LogP contribution in [-0.4, -0.2) is 29.8 Å². The van der Waals surface area contributed by atoms with Crippen LogP contribution in [0.1, 0.15) is 45.7 Å². The molecule has 142 valence electrons. The van der Waals surface area contributed by atoms with Crippen LogP contribution in [0, 0.1) is 13.8 Å². The maximum atomic E-state index is 12.5. The Bertz CT molecular complexity index is 878. The van der Waals surface area contributed by atoms with E-state index >= 15 is 0 Å². The van der Waals surface area contributed by atoms with Crippen LogP contribution in [-0.2, 0) is 9.53 Å². The fourth-order valence-corrected chi connectivity index (χ4v) is 2.66. The average Bonchev–Trinajstić information content (AvgIpc) is 2.63. The predicted octanol–water partition coefficient (Wildman–Crippen LogP) is 3.89. The monoisotopic (exact) mass is 387 g/mol. The largest absolute Gasteiger partial charge is 0.453 e. The van der Waals surface area contributed by atoms with E-state index in [1.165, 1.54) is 13.8 Å². The minimum absolute atomic E-state index is 0.262. The number of halogens is 1. The molecule has 6 heteroatoms. The Balaban J connectivity index is 1.98. The van der Waals surface area contributed by atoms with Crippen molar-refractivity contribution in [3.05, 3.63) is 69.7 Å². The number of ketones is 1. The molecule has 5 nitrogen and oxygen atoms in total. The Labute approximate surface area is 163 Å². The zero-order valence-corrected chi connectivity index (χ0v) is 16.5. The van der Waals surface area contributed by atoms with Crippen molar-refractivity contribution in [1.82, 2.24) is 5.32 Å². The number of hydrogen-bond acceptors (Lipinski definition) is 4. The predicted molar refractivity (Wildman–Crippen MR) is 104 cm³/mol. The van der Waals surface area contributed by atoms with Crippen molar-refractivity contribution in [2.45, 2.75) is 39.8 Å². The van der Waals surface area contributed by atoms with E-state index in [9.17, 15) is 14.4 Å². The van der Waals surface area contributed by atoms with Gasteiger partial charge in [0.25, 0.3) is 5.91 Å². The van der Waals surface area contributed by atoms with Crippen molar-refractivity contribution in [1.29, 1.82) is 0 Å². The lowest BCUT2D eigenvalue weighted by Gasteiger charge is -2.17. The lowest BCUT2D eigenvalue weighted by Crippen LogP contribution is -2.41. The first-order chi connectivity index (χ1) is 12.7. The van der Waals surface area contributed by atoms with Crippen LogP contribution >= 0.6 is 11.6 Å². The maximum absolute atomic E-state index is 12.5. The Morgan fingerprint density at radius 1 is 1.00 bits per heavy atom. The molecule has 0 aliphatic rings. The van der Waals surface area contributed by atoms with Gasteiger partial charge in [-0.15, -0.1) is 0 Å². The van der Waals surface area contributed by atoms with Gasteiger partial charge in [-0.3, -0.25) is 9.59 Å². The topological polar surface area (TPSA) is 72.5 Å². The number of esters is 1. The van der Waals surface area contributed by atoms with Crippen LogP contribution in [0.5, 0.6) is 0 Å². The molecule has 2 aromatic rings. The molecule has 0 aliphatic carbocycles. The average molecular weight is 388 g/mol. The van der Waals surface area contributed by atoms with E-state index in [4.69, 9.17) is 16.3 Å². The van der Waals surface area contributed by atoms with E-state index in [0.29, 0.717) is 5.56 Å². The molecule has 0 radical (unpaired) electrons. The first-order valence-electron chi connectivity index (χ1n) is 8.58. The molecule has 2 rings (SSSR count). The standard InChI is InChI=1S/C21H22ClNO4/c1-12-9-10-16(11-13(12)2)19(24)15(4)27-21(26)14(3)23-20(25)17-7-5-6-8-18(17)22/h5-11,14-15H,1-4H3,(H,23,25)/t14-,15+/m0/s1. The Morgan fingerprint density at radius 3 is 2.30 bits per heavy atom. The summed E-state index contributed by atoms with van der Waals surface area (Å²) in [7, 11) is 0. The van der Waals surface area contributed by atoms with Crippen LogP contribution in [0.15, 0.2) is 42.5 Å². The number of aryl methyl sites for hydroxylation is 2. The molecule has 2 aromatic carbocycles. The van der Waals surface area contributed by atoms with Crippen molar-refractivity contribution in [2.24, 2.45) is 0 Å². The molecule has 1 amide bonds. The van der Waals surface area contributed by atoms with Gasteiger partial charge in [-0.05, 0) is 57.0 Å². The number of amides is 1. The van der Waals surface area contributed by atoms with Crippen molar-refractivity contribution in [2.75, 3.05) is 0 Å². The van der Waals surface area contributed by atoms with Crippen molar-refractivity contribution in [3.63, 3.8) is 0 Å². The lowest BCUT2D eigenvalue weighted by atomic mass is 10.0. The molecule has 0 aromatic heterocycles. The smallest absolute Gasteiger partial charge is 0.329 e. The number of ether oxygens (including phenoxy) is 1. The van der Waals surface area contributed by atoms with Crippen LogP contribution in [0.2, 0.25) is 5.02 Å². The second-order valence-electron chi connectivity index (χ2n) is 6.42. The maximum Gasteiger partial charge on any atom is 0.329 e. The third kappa shape index (κ3) is 5.17. The summed E-state index contributed by atoms with van der Waals surface area (Å²) in [5.74, 6) is -1.48. The fraction of sp³-hybridized carbons (Fsp3) is 0.286. The van der Waals surface area contributed by atoms with Gasteiger partial charge in [-0.1, -0.05) is 35.9 Å². The van der Waals surface area contributed by atoms with E-state index < -0.39 is 24.0 Å². The van der Waals surface area contributed by atoms with Gasteiger partial charge in [0.05, 0.1) is 10.6 Å². The van der Waals surface area contributed by atoms with Crippen LogP contribution in [0.25, 0.3) is 0 Å². The molecular formula is C21H22ClNO4.